The highest BCUT2D eigenvalue weighted by atomic mass is 15.2. The Morgan fingerprint density at radius 2 is 0.978 bits per heavy atom. The predicted octanol–water partition coefficient (Wildman–Crippen LogP) is 10.3. The quantitative estimate of drug-likeness (QED) is 0.198. The van der Waals surface area contributed by atoms with Gasteiger partial charge in [0.05, 0.1) is 11.0 Å². The van der Waals surface area contributed by atoms with E-state index in [1.54, 1.807) is 0 Å². The third-order valence-electron chi connectivity index (χ3n) is 9.17. The van der Waals surface area contributed by atoms with Crippen LogP contribution in [-0.4, -0.2) is 19.5 Å². The van der Waals surface area contributed by atoms with Crippen molar-refractivity contribution in [2.45, 2.75) is 0 Å². The molecular formula is C41H24N4. The van der Waals surface area contributed by atoms with Gasteiger partial charge in [-0.05, 0) is 56.6 Å². The Kier molecular flexibility index (Phi) is 4.96. The van der Waals surface area contributed by atoms with Crippen LogP contribution in [0.4, 0.5) is 0 Å². The van der Waals surface area contributed by atoms with E-state index in [1.165, 1.54) is 54.6 Å². The van der Waals surface area contributed by atoms with Crippen LogP contribution in [0.3, 0.4) is 0 Å². The molecule has 1 aliphatic rings. The highest BCUT2D eigenvalue weighted by Gasteiger charge is 2.26. The van der Waals surface area contributed by atoms with E-state index in [0.29, 0.717) is 17.6 Å². The van der Waals surface area contributed by atoms with Crippen LogP contribution in [0.5, 0.6) is 0 Å². The average Bonchev–Trinajstić information content (AvgIpc) is 3.40. The molecule has 0 radical (unpaired) electrons. The lowest BCUT2D eigenvalue weighted by atomic mass is 9.90. The molecule has 9 aromatic rings. The van der Waals surface area contributed by atoms with Gasteiger partial charge in [-0.25, -0.2) is 4.98 Å². The van der Waals surface area contributed by atoms with Crippen molar-refractivity contribution in [3.63, 3.8) is 0 Å². The van der Waals surface area contributed by atoms with E-state index in [2.05, 4.69) is 114 Å². The monoisotopic (exact) mass is 572 g/mol. The number of fused-ring (bicyclic) bond motifs is 5. The fraction of sp³-hybridized carbons (Fsp3) is 0. The molecule has 0 amide bonds. The first-order chi connectivity index (χ1) is 22.3. The van der Waals surface area contributed by atoms with E-state index in [1.807, 2.05) is 36.4 Å². The van der Waals surface area contributed by atoms with Gasteiger partial charge in [0.1, 0.15) is 0 Å². The summed E-state index contributed by atoms with van der Waals surface area (Å²) < 4.78 is 2.24. The summed E-state index contributed by atoms with van der Waals surface area (Å²) in [5.41, 5.74) is 9.04. The minimum atomic E-state index is 0.607. The molecule has 0 aliphatic heterocycles. The van der Waals surface area contributed by atoms with Crippen LogP contribution in [0.15, 0.2) is 146 Å². The molecule has 2 heterocycles. The number of rotatable bonds is 3. The van der Waals surface area contributed by atoms with Crippen LogP contribution >= 0.6 is 0 Å². The van der Waals surface area contributed by atoms with Crippen molar-refractivity contribution < 1.29 is 0 Å². The molecule has 4 nitrogen and oxygen atoms in total. The predicted molar refractivity (Wildman–Crippen MR) is 184 cm³/mol. The van der Waals surface area contributed by atoms with Crippen molar-refractivity contribution in [2.24, 2.45) is 0 Å². The normalized spacial score (nSPS) is 12.0. The number of benzene rings is 7. The highest BCUT2D eigenvalue weighted by molar-refractivity contribution is 6.33. The van der Waals surface area contributed by atoms with Gasteiger partial charge in [-0.3, -0.25) is 4.57 Å². The standard InChI is InChI=1S/C41H24N4/c1-3-12-25(13-4-1)39-42-40(26-14-5-2-6-15-26)44-41(43-39)45-34-21-11-20-31-29-18-9-10-19-30(29)33-24-27-16-7-8-17-28(27)32-22-23-35(45)38(36(32)33)37(31)34/h1-24H. The molecule has 0 N–H and O–H groups in total. The maximum absolute atomic E-state index is 5.16. The number of hydrogen-bond donors (Lipinski definition) is 0. The Hall–Kier alpha value is -6.13. The Morgan fingerprint density at radius 3 is 1.71 bits per heavy atom. The summed E-state index contributed by atoms with van der Waals surface area (Å²) in [7, 11) is 0. The van der Waals surface area contributed by atoms with Crippen LogP contribution in [-0.2, 0) is 0 Å². The maximum Gasteiger partial charge on any atom is 0.238 e. The second-order valence-electron chi connectivity index (χ2n) is 11.6. The molecule has 208 valence electrons. The SMILES string of the molecule is c1ccc(-c2nc(-c3ccccc3)nc(-n3c4cccc5c4c4c6c(cc7ccccc7c6ccc43)-c3ccccc3-5)n2)cc1. The minimum absolute atomic E-state index is 0.607. The second-order valence-corrected chi connectivity index (χ2v) is 11.6. The van der Waals surface area contributed by atoms with E-state index in [9.17, 15) is 0 Å². The maximum atomic E-state index is 5.16. The van der Waals surface area contributed by atoms with Gasteiger partial charge in [0.15, 0.2) is 11.6 Å². The molecule has 0 unspecified atom stereocenters. The first-order valence-electron chi connectivity index (χ1n) is 15.2. The van der Waals surface area contributed by atoms with Gasteiger partial charge < -0.3 is 0 Å². The summed E-state index contributed by atoms with van der Waals surface area (Å²) in [6.07, 6.45) is 0. The minimum Gasteiger partial charge on any atom is -0.278 e. The molecular weight excluding hydrogens is 548 g/mol. The first kappa shape index (κ1) is 24.3. The first-order valence-corrected chi connectivity index (χ1v) is 15.2. The molecule has 0 spiro atoms. The number of nitrogens with zero attached hydrogens (tertiary/aromatic N) is 4. The lowest BCUT2D eigenvalue weighted by Crippen LogP contribution is -2.06. The number of aromatic nitrogens is 4. The second kappa shape index (κ2) is 9.18. The Morgan fingerprint density at radius 1 is 0.378 bits per heavy atom. The van der Waals surface area contributed by atoms with E-state index in [4.69, 9.17) is 15.0 Å². The summed E-state index contributed by atoms with van der Waals surface area (Å²) in [5, 5.41) is 7.49. The Labute approximate surface area is 258 Å². The molecule has 0 saturated heterocycles. The molecule has 0 saturated carbocycles. The van der Waals surface area contributed by atoms with E-state index in [-0.39, 0.29) is 0 Å². The van der Waals surface area contributed by atoms with Gasteiger partial charge >= 0.3 is 0 Å². The van der Waals surface area contributed by atoms with Crippen molar-refractivity contribution in [3.05, 3.63) is 146 Å². The average molecular weight is 573 g/mol. The van der Waals surface area contributed by atoms with E-state index >= 15 is 0 Å². The molecule has 7 aromatic carbocycles. The highest BCUT2D eigenvalue weighted by Crippen LogP contribution is 2.50. The third-order valence-corrected chi connectivity index (χ3v) is 9.17. The Bertz CT molecular complexity index is 2580. The molecule has 1 aliphatic carbocycles. The van der Waals surface area contributed by atoms with Crippen LogP contribution in [0, 0.1) is 0 Å². The fourth-order valence-corrected chi connectivity index (χ4v) is 7.25. The molecule has 0 bridgehead atoms. The van der Waals surface area contributed by atoms with Crippen molar-refractivity contribution in [3.8, 4) is 51.0 Å². The molecule has 45 heavy (non-hydrogen) atoms. The van der Waals surface area contributed by atoms with Crippen LogP contribution in [0.2, 0.25) is 0 Å². The van der Waals surface area contributed by atoms with Gasteiger partial charge in [0.2, 0.25) is 5.95 Å². The zero-order valence-electron chi connectivity index (χ0n) is 24.1. The summed E-state index contributed by atoms with van der Waals surface area (Å²) >= 11 is 0. The Balaban J connectivity index is 1.40. The van der Waals surface area contributed by atoms with Gasteiger partial charge in [0, 0.05) is 27.3 Å². The zero-order valence-corrected chi connectivity index (χ0v) is 24.1. The molecule has 4 heteroatoms. The lowest BCUT2D eigenvalue weighted by Gasteiger charge is -2.15. The van der Waals surface area contributed by atoms with Gasteiger partial charge in [-0.15, -0.1) is 0 Å². The fourth-order valence-electron chi connectivity index (χ4n) is 7.25. The van der Waals surface area contributed by atoms with Crippen LogP contribution in [0.25, 0.3) is 94.3 Å². The summed E-state index contributed by atoms with van der Waals surface area (Å²) in [5.74, 6) is 1.90. The van der Waals surface area contributed by atoms with E-state index < -0.39 is 0 Å². The summed E-state index contributed by atoms with van der Waals surface area (Å²) in [6, 6.07) is 51.4. The molecule has 0 fully saturated rings. The van der Waals surface area contributed by atoms with Crippen molar-refractivity contribution in [1.82, 2.24) is 19.5 Å². The lowest BCUT2D eigenvalue weighted by molar-refractivity contribution is 0.953. The molecule has 2 aromatic heterocycles. The molecule has 10 rings (SSSR count). The van der Waals surface area contributed by atoms with Gasteiger partial charge in [0.25, 0.3) is 0 Å². The topological polar surface area (TPSA) is 43.6 Å². The summed E-state index contributed by atoms with van der Waals surface area (Å²) in [6.45, 7) is 0. The number of hydrogen-bond acceptors (Lipinski definition) is 3. The van der Waals surface area contributed by atoms with E-state index in [0.717, 1.165) is 22.2 Å². The van der Waals surface area contributed by atoms with Crippen LogP contribution < -0.4 is 0 Å². The van der Waals surface area contributed by atoms with Crippen LogP contribution in [0.1, 0.15) is 0 Å². The van der Waals surface area contributed by atoms with Crippen molar-refractivity contribution >= 4 is 43.4 Å². The third kappa shape index (κ3) is 3.45. The largest absolute Gasteiger partial charge is 0.278 e. The van der Waals surface area contributed by atoms with Crippen molar-refractivity contribution in [1.29, 1.82) is 0 Å². The zero-order chi connectivity index (χ0) is 29.5. The van der Waals surface area contributed by atoms with Crippen molar-refractivity contribution in [2.75, 3.05) is 0 Å². The smallest absolute Gasteiger partial charge is 0.238 e. The molecule has 0 atom stereocenters. The summed E-state index contributed by atoms with van der Waals surface area (Å²) in [4.78, 5) is 15.3. The van der Waals surface area contributed by atoms with Gasteiger partial charge in [-0.1, -0.05) is 127 Å². The van der Waals surface area contributed by atoms with Gasteiger partial charge in [-0.2, -0.15) is 9.97 Å².